The average Bonchev–Trinajstić information content (AvgIpc) is 3.55. The lowest BCUT2D eigenvalue weighted by molar-refractivity contribution is -0.00597. The maximum Gasteiger partial charge on any atom is 0.0171 e. The molecule has 0 aliphatic carbocycles. The van der Waals surface area contributed by atoms with Crippen molar-refractivity contribution >= 4 is 0 Å². The molecule has 5 fully saturated rings. The van der Waals surface area contributed by atoms with E-state index in [9.17, 15) is 0 Å². The molecule has 6 heterocycles. The molecule has 8 heteroatoms. The van der Waals surface area contributed by atoms with Gasteiger partial charge in [-0.05, 0) is 245 Å². The lowest BCUT2D eigenvalue weighted by Gasteiger charge is -2.49. The lowest BCUT2D eigenvalue weighted by Crippen LogP contribution is -2.57. The maximum atomic E-state index is 2.62. The zero-order valence-corrected chi connectivity index (χ0v) is 69.9. The monoisotopic (exact) mass is 1250 g/mol. The van der Waals surface area contributed by atoms with E-state index >= 15 is 0 Å². The van der Waals surface area contributed by atoms with Crippen LogP contribution in [-0.4, -0.2) is 189 Å². The van der Waals surface area contributed by atoms with Crippen LogP contribution < -0.4 is 0 Å². The van der Waals surface area contributed by atoms with Crippen molar-refractivity contribution in [2.75, 3.05) is 105 Å². The molecule has 6 aliphatic rings. The third kappa shape index (κ3) is 43.4. The fraction of sp³-hybridized carbons (Fsp3) is 0.975. The van der Waals surface area contributed by atoms with Crippen LogP contribution in [0.5, 0.6) is 0 Å². The molecule has 5 saturated heterocycles. The molecule has 6 aliphatic heterocycles. The van der Waals surface area contributed by atoms with Crippen LogP contribution in [0.3, 0.4) is 0 Å². The molecular formula is C80H178N8. The third-order valence-corrected chi connectivity index (χ3v) is 18.4. The largest absolute Gasteiger partial charge is 0.300 e. The van der Waals surface area contributed by atoms with Crippen LogP contribution >= 0.6 is 0 Å². The first-order chi connectivity index (χ1) is 40.3. The SMILES string of the molecule is CC.CC.CC.CC.CC.CC.CC(C)(C)N1CCCN(C(C)(C)C)CC1.CC(C)C1=CCN(C(C)(C)C)CC1.CC(C)C1CCN(C(C)(C)C)CC1.CC(C)C1CN(C(C)(C)C)C1.CC(C)N1CC(C(C)(C)C)C1.CC(C)N1CCN(C(C)(C)C)CC1. The van der Waals surface area contributed by atoms with Crippen LogP contribution in [0.4, 0.5) is 0 Å². The third-order valence-electron chi connectivity index (χ3n) is 18.4. The Balaban J connectivity index is -0.000000222. The van der Waals surface area contributed by atoms with Crippen molar-refractivity contribution in [1.82, 2.24) is 39.2 Å². The maximum absolute atomic E-state index is 2.62. The normalized spacial score (nSPS) is 19.6. The van der Waals surface area contributed by atoms with Crippen LogP contribution in [-0.2, 0) is 0 Å². The second-order valence-corrected chi connectivity index (χ2v) is 33.2. The molecule has 8 nitrogen and oxygen atoms in total. The van der Waals surface area contributed by atoms with E-state index in [-0.39, 0.29) is 0 Å². The van der Waals surface area contributed by atoms with Gasteiger partial charge in [0.25, 0.3) is 0 Å². The van der Waals surface area contributed by atoms with E-state index in [0.29, 0.717) is 44.7 Å². The van der Waals surface area contributed by atoms with E-state index in [1.54, 1.807) is 5.57 Å². The molecular weight excluding hydrogens is 1070 g/mol. The molecule has 538 valence electrons. The second-order valence-electron chi connectivity index (χ2n) is 33.2. The predicted molar refractivity (Wildman–Crippen MR) is 410 cm³/mol. The fourth-order valence-corrected chi connectivity index (χ4v) is 11.2. The number of likely N-dealkylation sites (tertiary alicyclic amines) is 3. The molecule has 0 atom stereocenters. The molecule has 88 heavy (non-hydrogen) atoms. The lowest BCUT2D eigenvalue weighted by atomic mass is 9.75. The van der Waals surface area contributed by atoms with E-state index in [1.165, 1.54) is 124 Å². The molecule has 0 N–H and O–H groups in total. The highest BCUT2D eigenvalue weighted by Crippen LogP contribution is 2.35. The fourth-order valence-electron chi connectivity index (χ4n) is 11.2. The number of rotatable bonds is 5. The van der Waals surface area contributed by atoms with E-state index in [2.05, 4.69) is 260 Å². The molecule has 6 rings (SSSR count). The van der Waals surface area contributed by atoms with Gasteiger partial charge in [0.2, 0.25) is 0 Å². The van der Waals surface area contributed by atoms with Crippen molar-refractivity contribution < 1.29 is 0 Å². The van der Waals surface area contributed by atoms with E-state index in [4.69, 9.17) is 0 Å². The summed E-state index contributed by atoms with van der Waals surface area (Å²) in [4.78, 5) is 20.6. The number of piperazine rings is 1. The van der Waals surface area contributed by atoms with Gasteiger partial charge in [-0.1, -0.05) is 157 Å². The first-order valence-corrected chi connectivity index (χ1v) is 37.9. The average molecular weight is 1250 g/mol. The molecule has 0 aromatic heterocycles. The Bertz CT molecular complexity index is 1460. The van der Waals surface area contributed by atoms with Crippen LogP contribution in [0, 0.1) is 40.9 Å². The van der Waals surface area contributed by atoms with Crippen LogP contribution in [0.15, 0.2) is 11.6 Å². The number of piperidine rings is 1. The Kier molecular flexibility index (Phi) is 54.9. The molecule has 0 aromatic carbocycles. The Morgan fingerprint density at radius 3 is 0.864 bits per heavy atom. The topological polar surface area (TPSA) is 25.9 Å². The highest BCUT2D eigenvalue weighted by atomic mass is 15.3. The minimum absolute atomic E-state index is 0.327. The van der Waals surface area contributed by atoms with Gasteiger partial charge in [0.1, 0.15) is 0 Å². The van der Waals surface area contributed by atoms with Gasteiger partial charge < -0.3 is 4.90 Å². The van der Waals surface area contributed by atoms with E-state index in [0.717, 1.165) is 48.1 Å². The summed E-state index contributed by atoms with van der Waals surface area (Å²) in [5.41, 5.74) is 4.27. The Hall–Kier alpha value is -0.580. The summed E-state index contributed by atoms with van der Waals surface area (Å²) in [6.07, 6.45) is 7.77. The Morgan fingerprint density at radius 2 is 0.614 bits per heavy atom. The summed E-state index contributed by atoms with van der Waals surface area (Å²) in [5.74, 6) is 5.33. The van der Waals surface area contributed by atoms with Crippen molar-refractivity contribution in [3.8, 4) is 0 Å². The van der Waals surface area contributed by atoms with Gasteiger partial charge in [0, 0.05) is 124 Å². The zero-order valence-electron chi connectivity index (χ0n) is 69.9. The van der Waals surface area contributed by atoms with Gasteiger partial charge in [-0.25, -0.2) is 0 Å². The first-order valence-electron chi connectivity index (χ1n) is 37.9. The summed E-state index contributed by atoms with van der Waals surface area (Å²) in [6.45, 7) is 116. The number of nitrogens with zero attached hydrogens (tertiary/aromatic N) is 8. The number of hydrogen-bond donors (Lipinski definition) is 0. The van der Waals surface area contributed by atoms with Crippen molar-refractivity contribution in [2.24, 2.45) is 40.9 Å². The molecule has 0 amide bonds. The smallest absolute Gasteiger partial charge is 0.0171 e. The molecule has 0 bridgehead atoms. The highest BCUT2D eigenvalue weighted by molar-refractivity contribution is 5.10. The van der Waals surface area contributed by atoms with Crippen molar-refractivity contribution in [3.05, 3.63) is 11.6 Å². The predicted octanol–water partition coefficient (Wildman–Crippen LogP) is 21.5. The van der Waals surface area contributed by atoms with Crippen LogP contribution in [0.2, 0.25) is 0 Å². The molecule has 0 saturated carbocycles. The van der Waals surface area contributed by atoms with Gasteiger partial charge in [0.15, 0.2) is 0 Å². The molecule has 0 unspecified atom stereocenters. The van der Waals surface area contributed by atoms with Crippen LogP contribution in [0.1, 0.15) is 323 Å². The van der Waals surface area contributed by atoms with Crippen molar-refractivity contribution in [1.29, 1.82) is 0 Å². The van der Waals surface area contributed by atoms with Gasteiger partial charge in [-0.2, -0.15) is 0 Å². The zero-order chi connectivity index (χ0) is 71.2. The van der Waals surface area contributed by atoms with Crippen LogP contribution in [0.25, 0.3) is 0 Å². The Morgan fingerprint density at radius 1 is 0.318 bits per heavy atom. The summed E-state index contributed by atoms with van der Waals surface area (Å²) < 4.78 is 0. The van der Waals surface area contributed by atoms with Crippen molar-refractivity contribution in [2.45, 2.75) is 369 Å². The summed E-state index contributed by atoms with van der Waals surface area (Å²) in [5, 5.41) is 0. The first kappa shape index (κ1) is 98.5. The van der Waals surface area contributed by atoms with Crippen molar-refractivity contribution in [3.63, 3.8) is 0 Å². The summed E-state index contributed by atoms with van der Waals surface area (Å²) >= 11 is 0. The minimum atomic E-state index is 0.327. The molecule has 0 radical (unpaired) electrons. The van der Waals surface area contributed by atoms with Gasteiger partial charge in [0.05, 0.1) is 0 Å². The molecule has 0 aromatic rings. The Labute approximate surface area is 562 Å². The second kappa shape index (κ2) is 49.0. The summed E-state index contributed by atoms with van der Waals surface area (Å²) in [6, 6.07) is 1.45. The van der Waals surface area contributed by atoms with Gasteiger partial charge in [-0.15, -0.1) is 0 Å². The minimum Gasteiger partial charge on any atom is -0.300 e. The van der Waals surface area contributed by atoms with Gasteiger partial charge >= 0.3 is 0 Å². The quantitative estimate of drug-likeness (QED) is 0.251. The van der Waals surface area contributed by atoms with E-state index < -0.39 is 0 Å². The standard InChI is InChI=1S/C13H28N2.C12H25N.C12H23N.C11H24N2.2C10H21N.6C2H6/c1-12(2,3)14-8-7-9-15(11-10-14)13(4,5)6;2*1-10(2)11-6-8-13(9-7-11)12(3,4)5;1-10(2)12-6-8-13(9-7-12)11(3,4)5;1-8(2)11-6-9(7-11)10(3,4)5;1-8(2)9-6-11(7-9)10(3,4)5;6*1-2/h7-11H2,1-6H3;10-11H,6-9H2,1-5H3;6,10H,7-9H2,1-5H3;10H,6-9H2,1-5H3;2*8-9H,6-7H2,1-5H3;6*1-2H3. The number of hydrogen-bond acceptors (Lipinski definition) is 8. The molecule has 0 spiro atoms. The highest BCUT2D eigenvalue weighted by Gasteiger charge is 2.37. The van der Waals surface area contributed by atoms with Gasteiger partial charge in [-0.3, -0.25) is 34.3 Å². The van der Waals surface area contributed by atoms with E-state index in [1.807, 2.05) is 83.1 Å². The summed E-state index contributed by atoms with van der Waals surface area (Å²) in [7, 11) is 0.